The standard InChI is InChI=1S/C28H30N4O5/c1-19(22-15-8-12-20-10-4-6-13-23(20)22)31-26(34)24-14-7-5-11-21(24)18-30-28(36)27(35)29-17-9-16-25(33)32(2)37-3/h4-16,19H,17-18H2,1-3H3,(H,29,35)(H,30,36)(H,31,34)/b16-9+/t19-/m1/s1. The first-order valence-electron chi connectivity index (χ1n) is 11.7. The lowest BCUT2D eigenvalue weighted by Gasteiger charge is -2.18. The summed E-state index contributed by atoms with van der Waals surface area (Å²) in [6.07, 6.45) is 2.62. The lowest BCUT2D eigenvalue weighted by Crippen LogP contribution is -2.40. The Labute approximate surface area is 215 Å². The van der Waals surface area contributed by atoms with Crippen LogP contribution in [0.5, 0.6) is 0 Å². The number of nitrogens with zero attached hydrogens (tertiary/aromatic N) is 1. The van der Waals surface area contributed by atoms with Crippen molar-refractivity contribution in [1.82, 2.24) is 21.0 Å². The first-order valence-corrected chi connectivity index (χ1v) is 11.7. The van der Waals surface area contributed by atoms with Crippen molar-refractivity contribution < 1.29 is 24.0 Å². The molecule has 9 nitrogen and oxygen atoms in total. The summed E-state index contributed by atoms with van der Waals surface area (Å²) in [6, 6.07) is 20.6. The van der Waals surface area contributed by atoms with Crippen molar-refractivity contribution in [2.45, 2.75) is 19.5 Å². The predicted octanol–water partition coefficient (Wildman–Crippen LogP) is 2.64. The monoisotopic (exact) mass is 502 g/mol. The van der Waals surface area contributed by atoms with Gasteiger partial charge in [-0.3, -0.25) is 24.0 Å². The Morgan fingerprint density at radius 1 is 0.919 bits per heavy atom. The highest BCUT2D eigenvalue weighted by molar-refractivity contribution is 6.35. The summed E-state index contributed by atoms with van der Waals surface area (Å²) in [4.78, 5) is 53.7. The van der Waals surface area contributed by atoms with Gasteiger partial charge in [-0.05, 0) is 34.9 Å². The van der Waals surface area contributed by atoms with Gasteiger partial charge in [0.05, 0.1) is 13.2 Å². The molecule has 0 aromatic heterocycles. The third-order valence-electron chi connectivity index (χ3n) is 5.77. The number of benzene rings is 3. The Bertz CT molecular complexity index is 1320. The van der Waals surface area contributed by atoms with Crippen LogP contribution in [0.4, 0.5) is 0 Å². The molecule has 0 fully saturated rings. The maximum absolute atomic E-state index is 13.1. The molecule has 0 radical (unpaired) electrons. The van der Waals surface area contributed by atoms with Crippen LogP contribution in [-0.4, -0.2) is 49.4 Å². The number of amides is 4. The molecule has 4 amide bonds. The second kappa shape index (κ2) is 13.0. The van der Waals surface area contributed by atoms with E-state index in [9.17, 15) is 19.2 Å². The maximum Gasteiger partial charge on any atom is 0.309 e. The zero-order valence-electron chi connectivity index (χ0n) is 21.0. The van der Waals surface area contributed by atoms with Crippen molar-refractivity contribution in [3.8, 4) is 0 Å². The van der Waals surface area contributed by atoms with Crippen LogP contribution in [0, 0.1) is 0 Å². The van der Waals surface area contributed by atoms with E-state index in [0.29, 0.717) is 11.1 Å². The highest BCUT2D eigenvalue weighted by atomic mass is 16.7. The normalized spacial score (nSPS) is 11.6. The molecule has 0 heterocycles. The Kier molecular flexibility index (Phi) is 9.51. The number of nitrogens with one attached hydrogen (secondary N) is 3. The number of carbonyl (C=O) groups is 4. The van der Waals surface area contributed by atoms with Crippen molar-refractivity contribution in [3.63, 3.8) is 0 Å². The lowest BCUT2D eigenvalue weighted by molar-refractivity contribution is -0.162. The summed E-state index contributed by atoms with van der Waals surface area (Å²) in [6.45, 7) is 1.90. The molecule has 3 rings (SSSR count). The van der Waals surface area contributed by atoms with E-state index in [4.69, 9.17) is 4.84 Å². The quantitative estimate of drug-likeness (QED) is 0.236. The minimum Gasteiger partial charge on any atom is -0.345 e. The van der Waals surface area contributed by atoms with Crippen molar-refractivity contribution in [2.75, 3.05) is 20.7 Å². The number of rotatable bonds is 9. The molecule has 0 bridgehead atoms. The molecular weight excluding hydrogens is 472 g/mol. The zero-order chi connectivity index (χ0) is 26.8. The van der Waals surface area contributed by atoms with Crippen molar-refractivity contribution in [1.29, 1.82) is 0 Å². The van der Waals surface area contributed by atoms with E-state index in [1.54, 1.807) is 24.3 Å². The number of hydrogen-bond acceptors (Lipinski definition) is 5. The van der Waals surface area contributed by atoms with E-state index in [0.717, 1.165) is 21.4 Å². The van der Waals surface area contributed by atoms with Gasteiger partial charge in [0.15, 0.2) is 0 Å². The van der Waals surface area contributed by atoms with Crippen LogP contribution in [0.3, 0.4) is 0 Å². The van der Waals surface area contributed by atoms with Gasteiger partial charge in [0, 0.05) is 31.8 Å². The smallest absolute Gasteiger partial charge is 0.309 e. The molecule has 3 aromatic carbocycles. The lowest BCUT2D eigenvalue weighted by atomic mass is 9.99. The number of likely N-dealkylation sites (N-methyl/N-ethyl adjacent to an activating group) is 1. The molecule has 0 saturated heterocycles. The van der Waals surface area contributed by atoms with Gasteiger partial charge in [-0.15, -0.1) is 0 Å². The van der Waals surface area contributed by atoms with Gasteiger partial charge in [-0.25, -0.2) is 5.06 Å². The highest BCUT2D eigenvalue weighted by Gasteiger charge is 2.18. The van der Waals surface area contributed by atoms with Crippen LogP contribution in [0.2, 0.25) is 0 Å². The summed E-state index contributed by atoms with van der Waals surface area (Å²) >= 11 is 0. The van der Waals surface area contributed by atoms with E-state index in [-0.39, 0.29) is 25.0 Å². The molecular formula is C28H30N4O5. The molecule has 192 valence electrons. The first kappa shape index (κ1) is 27.1. The van der Waals surface area contributed by atoms with Gasteiger partial charge in [0.1, 0.15) is 0 Å². The van der Waals surface area contributed by atoms with E-state index in [2.05, 4.69) is 16.0 Å². The van der Waals surface area contributed by atoms with Crippen LogP contribution in [0.25, 0.3) is 10.8 Å². The van der Waals surface area contributed by atoms with Crippen molar-refractivity contribution in [3.05, 3.63) is 95.6 Å². The second-order valence-electron chi connectivity index (χ2n) is 8.23. The molecule has 3 N–H and O–H groups in total. The fraction of sp³-hybridized carbons (Fsp3) is 0.214. The molecule has 0 unspecified atom stereocenters. The van der Waals surface area contributed by atoms with E-state index >= 15 is 0 Å². The molecule has 37 heavy (non-hydrogen) atoms. The largest absolute Gasteiger partial charge is 0.345 e. The van der Waals surface area contributed by atoms with E-state index in [1.807, 2.05) is 49.4 Å². The second-order valence-corrected chi connectivity index (χ2v) is 8.23. The molecule has 3 aromatic rings. The van der Waals surface area contributed by atoms with Crippen LogP contribution >= 0.6 is 0 Å². The summed E-state index contributed by atoms with van der Waals surface area (Å²) in [5, 5.41) is 11.1. The number of hydroxylamine groups is 2. The summed E-state index contributed by atoms with van der Waals surface area (Å²) in [5.74, 6) is -2.41. The number of fused-ring (bicyclic) bond motifs is 1. The first-order chi connectivity index (χ1) is 17.8. The summed E-state index contributed by atoms with van der Waals surface area (Å²) < 4.78 is 0. The summed E-state index contributed by atoms with van der Waals surface area (Å²) in [5.41, 5.74) is 1.97. The third-order valence-corrected chi connectivity index (χ3v) is 5.77. The minimum atomic E-state index is -0.858. The average molecular weight is 503 g/mol. The average Bonchev–Trinajstić information content (AvgIpc) is 2.92. The van der Waals surface area contributed by atoms with Gasteiger partial charge >= 0.3 is 11.8 Å². The van der Waals surface area contributed by atoms with Crippen LogP contribution in [0.1, 0.15) is 34.5 Å². The molecule has 9 heteroatoms. The van der Waals surface area contributed by atoms with Crippen LogP contribution in [0.15, 0.2) is 78.9 Å². The third kappa shape index (κ3) is 7.25. The zero-order valence-corrected chi connectivity index (χ0v) is 21.0. The van der Waals surface area contributed by atoms with Crippen LogP contribution < -0.4 is 16.0 Å². The summed E-state index contributed by atoms with van der Waals surface area (Å²) in [7, 11) is 2.80. The molecule has 0 aliphatic rings. The predicted molar refractivity (Wildman–Crippen MR) is 140 cm³/mol. The maximum atomic E-state index is 13.1. The SMILES string of the molecule is CON(C)C(=O)/C=C/CNC(=O)C(=O)NCc1ccccc1C(=O)N[C@H](C)c1cccc2ccccc12. The Morgan fingerprint density at radius 3 is 2.38 bits per heavy atom. The van der Waals surface area contributed by atoms with Gasteiger partial charge in [0.2, 0.25) is 0 Å². The topological polar surface area (TPSA) is 117 Å². The van der Waals surface area contributed by atoms with Gasteiger partial charge < -0.3 is 16.0 Å². The fourth-order valence-electron chi connectivity index (χ4n) is 3.72. The molecule has 0 aliphatic heterocycles. The Balaban J connectivity index is 1.58. The molecule has 0 saturated carbocycles. The Hall–Kier alpha value is -4.50. The van der Waals surface area contributed by atoms with E-state index < -0.39 is 17.7 Å². The van der Waals surface area contributed by atoms with E-state index in [1.165, 1.54) is 26.3 Å². The van der Waals surface area contributed by atoms with Gasteiger partial charge in [-0.2, -0.15) is 0 Å². The Morgan fingerprint density at radius 2 is 1.59 bits per heavy atom. The highest BCUT2D eigenvalue weighted by Crippen LogP contribution is 2.24. The number of hydrogen-bond donors (Lipinski definition) is 3. The van der Waals surface area contributed by atoms with Crippen molar-refractivity contribution >= 4 is 34.4 Å². The van der Waals surface area contributed by atoms with Gasteiger partial charge in [-0.1, -0.05) is 66.7 Å². The molecule has 0 spiro atoms. The molecule has 1 atom stereocenters. The number of carbonyl (C=O) groups excluding carboxylic acids is 4. The van der Waals surface area contributed by atoms with Gasteiger partial charge in [0.25, 0.3) is 11.8 Å². The van der Waals surface area contributed by atoms with Crippen molar-refractivity contribution in [2.24, 2.45) is 0 Å². The van der Waals surface area contributed by atoms with Crippen LogP contribution in [-0.2, 0) is 25.8 Å². The fourth-order valence-corrected chi connectivity index (χ4v) is 3.72. The molecule has 0 aliphatic carbocycles. The minimum absolute atomic E-state index is 0.00848.